The summed E-state index contributed by atoms with van der Waals surface area (Å²) >= 11 is 0. The Morgan fingerprint density at radius 2 is 2.15 bits per heavy atom. The molecule has 1 saturated heterocycles. The zero-order chi connectivity index (χ0) is 23.2. The van der Waals surface area contributed by atoms with Crippen LogP contribution in [0.25, 0.3) is 39.0 Å². The van der Waals surface area contributed by atoms with E-state index in [4.69, 9.17) is 9.72 Å². The first kappa shape index (κ1) is 21.3. The van der Waals surface area contributed by atoms with Crippen molar-refractivity contribution < 1.29 is 9.84 Å². The second-order valence-corrected chi connectivity index (χ2v) is 9.46. The number of nitrogens with zero attached hydrogens (tertiary/aromatic N) is 4. The largest absolute Gasteiger partial charge is 0.391 e. The summed E-state index contributed by atoms with van der Waals surface area (Å²) in [6.45, 7) is 2.85. The lowest BCUT2D eigenvalue weighted by Gasteiger charge is -2.26. The Balaban J connectivity index is 1.50. The molecule has 1 aliphatic heterocycles. The number of fused-ring (bicyclic) bond motifs is 2. The normalized spacial score (nSPS) is 21.3. The van der Waals surface area contributed by atoms with E-state index in [2.05, 4.69) is 29.0 Å². The van der Waals surface area contributed by atoms with Gasteiger partial charge in [0.2, 0.25) is 0 Å². The van der Waals surface area contributed by atoms with E-state index in [1.54, 1.807) is 9.13 Å². The van der Waals surface area contributed by atoms with Crippen LogP contribution in [0.15, 0.2) is 41.6 Å². The maximum absolute atomic E-state index is 13.7. The number of allylic oxidation sites excluding steroid dienone is 2. The number of aliphatic hydroxyl groups excluding tert-OH is 1. The summed E-state index contributed by atoms with van der Waals surface area (Å²) < 4.78 is 9.45. The van der Waals surface area contributed by atoms with Crippen LogP contribution in [0.5, 0.6) is 0 Å². The third-order valence-electron chi connectivity index (χ3n) is 7.23. The maximum atomic E-state index is 13.7. The minimum Gasteiger partial charge on any atom is -0.391 e. The quantitative estimate of drug-likeness (QED) is 0.481. The van der Waals surface area contributed by atoms with Gasteiger partial charge < -0.3 is 14.8 Å². The predicted octanol–water partition coefficient (Wildman–Crippen LogP) is 4.00. The van der Waals surface area contributed by atoms with Crippen LogP contribution in [0, 0.1) is 6.92 Å². The van der Waals surface area contributed by atoms with Gasteiger partial charge in [0, 0.05) is 40.8 Å². The number of hydrogen-bond donors (Lipinski definition) is 2. The number of rotatable bonds is 4. The first-order valence-electron chi connectivity index (χ1n) is 12.1. The van der Waals surface area contributed by atoms with Gasteiger partial charge in [-0.2, -0.15) is 0 Å². The fraction of sp³-hybridized carbons (Fsp3) is 0.423. The second kappa shape index (κ2) is 8.52. The Morgan fingerprint density at radius 3 is 2.94 bits per heavy atom. The summed E-state index contributed by atoms with van der Waals surface area (Å²) in [6, 6.07) is 4.09. The summed E-state index contributed by atoms with van der Waals surface area (Å²) in [5, 5.41) is 10.9. The molecule has 34 heavy (non-hydrogen) atoms. The zero-order valence-corrected chi connectivity index (χ0v) is 19.3. The van der Waals surface area contributed by atoms with E-state index in [1.165, 1.54) is 0 Å². The highest BCUT2D eigenvalue weighted by Crippen LogP contribution is 2.31. The molecule has 1 fully saturated rings. The highest BCUT2D eigenvalue weighted by atomic mass is 16.5. The average molecular weight is 460 g/mol. The second-order valence-electron chi connectivity index (χ2n) is 9.46. The summed E-state index contributed by atoms with van der Waals surface area (Å²) in [5.74, 6) is 0. The van der Waals surface area contributed by atoms with Crippen molar-refractivity contribution in [2.45, 2.75) is 64.2 Å². The molecule has 0 radical (unpaired) electrons. The van der Waals surface area contributed by atoms with E-state index in [1.807, 2.05) is 24.7 Å². The third kappa shape index (κ3) is 3.58. The molecule has 0 amide bonds. The van der Waals surface area contributed by atoms with Crippen LogP contribution in [-0.2, 0) is 11.3 Å². The van der Waals surface area contributed by atoms with Crippen LogP contribution in [0.4, 0.5) is 0 Å². The molecule has 0 aromatic carbocycles. The molecular weight excluding hydrogens is 430 g/mol. The number of aliphatic hydroxyl groups is 1. The SMILES string of the molecule is Cc1c(-c2cnc3c(c2)n(C[C@H]2CC[C@@H](O)CO2)c(=O)n3C2=CCCCC2)cnc2[nH]ccc12. The standard InChI is InChI=1S/C26H29N5O3/c1-16-21-9-10-27-24(21)28-13-22(16)17-11-23-25(29-12-17)31(18-5-3-2-4-6-18)26(33)30(23)14-20-8-7-19(32)15-34-20/h5,9-13,19-20,32H,2-4,6-8,14-15H2,1H3,(H,27,28)/t19-,20-/m1/s1. The summed E-state index contributed by atoms with van der Waals surface area (Å²) in [5.41, 5.74) is 6.37. The molecule has 2 atom stereocenters. The summed E-state index contributed by atoms with van der Waals surface area (Å²) in [7, 11) is 0. The molecule has 0 saturated carbocycles. The van der Waals surface area contributed by atoms with Crippen LogP contribution in [0.2, 0.25) is 0 Å². The molecule has 2 N–H and O–H groups in total. The highest BCUT2D eigenvalue weighted by Gasteiger charge is 2.25. The van der Waals surface area contributed by atoms with Crippen molar-refractivity contribution in [1.29, 1.82) is 0 Å². The lowest BCUT2D eigenvalue weighted by Crippen LogP contribution is -2.35. The van der Waals surface area contributed by atoms with Crippen LogP contribution < -0.4 is 5.69 Å². The minimum absolute atomic E-state index is 0.0709. The van der Waals surface area contributed by atoms with Gasteiger partial charge >= 0.3 is 5.69 Å². The lowest BCUT2D eigenvalue weighted by atomic mass is 10.0. The van der Waals surface area contributed by atoms with Gasteiger partial charge in [0.15, 0.2) is 5.65 Å². The molecule has 6 rings (SSSR count). The summed E-state index contributed by atoms with van der Waals surface area (Å²) in [4.78, 5) is 26.2. The number of H-pyrrole nitrogens is 1. The van der Waals surface area contributed by atoms with Gasteiger partial charge in [-0.3, -0.25) is 4.57 Å². The van der Waals surface area contributed by atoms with E-state index in [-0.39, 0.29) is 11.8 Å². The average Bonchev–Trinajstić information content (AvgIpc) is 3.44. The number of imidazole rings is 1. The first-order valence-corrected chi connectivity index (χ1v) is 12.1. The number of nitrogens with one attached hydrogen (secondary N) is 1. The fourth-order valence-electron chi connectivity index (χ4n) is 5.31. The lowest BCUT2D eigenvalue weighted by molar-refractivity contribution is -0.0609. The Morgan fingerprint density at radius 1 is 1.24 bits per heavy atom. The Kier molecular flexibility index (Phi) is 5.34. The van der Waals surface area contributed by atoms with Gasteiger partial charge in [0.25, 0.3) is 0 Å². The van der Waals surface area contributed by atoms with Gasteiger partial charge in [-0.05, 0) is 63.1 Å². The molecule has 5 heterocycles. The van der Waals surface area contributed by atoms with Crippen molar-refractivity contribution in [3.05, 3.63) is 52.8 Å². The van der Waals surface area contributed by atoms with Crippen molar-refractivity contribution in [1.82, 2.24) is 24.1 Å². The molecule has 8 nitrogen and oxygen atoms in total. The van der Waals surface area contributed by atoms with Crippen LogP contribution >= 0.6 is 0 Å². The molecular formula is C26H29N5O3. The van der Waals surface area contributed by atoms with Crippen molar-refractivity contribution in [2.75, 3.05) is 6.61 Å². The van der Waals surface area contributed by atoms with E-state index in [0.717, 1.165) is 71.0 Å². The van der Waals surface area contributed by atoms with Gasteiger partial charge in [-0.15, -0.1) is 0 Å². The number of pyridine rings is 2. The fourth-order valence-corrected chi connectivity index (χ4v) is 5.31. The van der Waals surface area contributed by atoms with E-state index < -0.39 is 6.10 Å². The van der Waals surface area contributed by atoms with Crippen molar-refractivity contribution in [3.8, 4) is 11.1 Å². The molecule has 0 spiro atoms. The van der Waals surface area contributed by atoms with E-state index in [0.29, 0.717) is 25.2 Å². The van der Waals surface area contributed by atoms with Gasteiger partial charge in [-0.1, -0.05) is 6.08 Å². The van der Waals surface area contributed by atoms with Crippen molar-refractivity contribution in [2.24, 2.45) is 0 Å². The topological polar surface area (TPSA) is 98.0 Å². The van der Waals surface area contributed by atoms with E-state index >= 15 is 0 Å². The Hall–Kier alpha value is -3.23. The monoisotopic (exact) mass is 459 g/mol. The number of aryl methyl sites for hydroxylation is 1. The molecule has 8 heteroatoms. The molecule has 2 aliphatic rings. The number of ether oxygens (including phenoxy) is 1. The smallest absolute Gasteiger partial charge is 0.334 e. The van der Waals surface area contributed by atoms with Crippen molar-refractivity contribution >= 4 is 27.9 Å². The van der Waals surface area contributed by atoms with Crippen LogP contribution in [0.3, 0.4) is 0 Å². The van der Waals surface area contributed by atoms with Gasteiger partial charge in [0.05, 0.1) is 30.9 Å². The third-order valence-corrected chi connectivity index (χ3v) is 7.23. The predicted molar refractivity (Wildman–Crippen MR) is 132 cm³/mol. The first-order chi connectivity index (χ1) is 16.6. The zero-order valence-electron chi connectivity index (χ0n) is 19.3. The number of aromatic nitrogens is 5. The summed E-state index contributed by atoms with van der Waals surface area (Å²) in [6.07, 6.45) is 12.8. The van der Waals surface area contributed by atoms with Crippen molar-refractivity contribution in [3.63, 3.8) is 0 Å². The number of hydrogen-bond acceptors (Lipinski definition) is 5. The maximum Gasteiger partial charge on any atom is 0.334 e. The minimum atomic E-state index is -0.422. The molecule has 4 aromatic rings. The van der Waals surface area contributed by atoms with Crippen LogP contribution in [0.1, 0.15) is 44.1 Å². The Labute approximate surface area is 196 Å². The molecule has 0 bridgehead atoms. The van der Waals surface area contributed by atoms with Gasteiger partial charge in [-0.25, -0.2) is 19.3 Å². The molecule has 1 aliphatic carbocycles. The number of aromatic amines is 1. The molecule has 0 unspecified atom stereocenters. The molecule has 176 valence electrons. The highest BCUT2D eigenvalue weighted by molar-refractivity contribution is 5.88. The Bertz CT molecular complexity index is 1450. The van der Waals surface area contributed by atoms with E-state index in [9.17, 15) is 9.90 Å². The van der Waals surface area contributed by atoms with Gasteiger partial charge in [0.1, 0.15) is 5.65 Å². The molecule has 4 aromatic heterocycles. The van der Waals surface area contributed by atoms with Crippen LogP contribution in [-0.4, -0.2) is 48.0 Å².